The van der Waals surface area contributed by atoms with E-state index in [0.29, 0.717) is 6.54 Å². The van der Waals surface area contributed by atoms with Crippen molar-refractivity contribution in [3.63, 3.8) is 0 Å². The van der Waals surface area contributed by atoms with E-state index in [9.17, 15) is 14.7 Å². The molecule has 0 bridgehead atoms. The number of β-amino-alcohol motifs (C(OH)–C–C–N with tert-alkyl or cyclic N) is 1. The van der Waals surface area contributed by atoms with Crippen molar-refractivity contribution in [2.24, 2.45) is 0 Å². The number of carbonyl (C=O) groups excluding carboxylic acids is 1. The summed E-state index contributed by atoms with van der Waals surface area (Å²) in [6.45, 7) is 6.42. The Morgan fingerprint density at radius 1 is 1.44 bits per heavy atom. The number of urea groups is 1. The van der Waals surface area contributed by atoms with Crippen LogP contribution >= 0.6 is 0 Å². The van der Waals surface area contributed by atoms with E-state index in [2.05, 4.69) is 0 Å². The highest BCUT2D eigenvalue weighted by atomic mass is 16.4. The quantitative estimate of drug-likeness (QED) is 0.779. The molecule has 1 fully saturated rings. The molecule has 1 unspecified atom stereocenters. The van der Waals surface area contributed by atoms with Crippen LogP contribution in [-0.4, -0.2) is 63.3 Å². The number of rotatable bonds is 4. The maximum atomic E-state index is 12.3. The minimum Gasteiger partial charge on any atom is -0.480 e. The van der Waals surface area contributed by atoms with Crippen molar-refractivity contribution in [2.75, 3.05) is 13.1 Å². The molecule has 104 valence electrons. The Morgan fingerprint density at radius 3 is 2.50 bits per heavy atom. The van der Waals surface area contributed by atoms with Gasteiger partial charge >= 0.3 is 12.0 Å². The van der Waals surface area contributed by atoms with Gasteiger partial charge in [-0.25, -0.2) is 9.59 Å². The maximum Gasteiger partial charge on any atom is 0.326 e. The molecule has 0 aliphatic carbocycles. The summed E-state index contributed by atoms with van der Waals surface area (Å²) in [6.07, 6.45) is 0.179. The van der Waals surface area contributed by atoms with Crippen LogP contribution in [-0.2, 0) is 4.79 Å². The Morgan fingerprint density at radius 2 is 2.06 bits per heavy atom. The molecule has 1 saturated heterocycles. The zero-order chi connectivity index (χ0) is 13.9. The number of hydrogen-bond acceptors (Lipinski definition) is 3. The SMILES string of the molecule is CCC(C)N(CC)C(=O)N1C[C@H](O)C[C@@H]1C(=O)O. The number of likely N-dealkylation sites (tertiary alicyclic amines) is 1. The lowest BCUT2D eigenvalue weighted by Gasteiger charge is -2.33. The molecule has 1 aliphatic rings. The minimum absolute atomic E-state index is 0.0645. The fourth-order valence-corrected chi connectivity index (χ4v) is 2.28. The number of aliphatic hydroxyl groups excluding tert-OH is 1. The second-order valence-corrected chi connectivity index (χ2v) is 4.72. The van der Waals surface area contributed by atoms with Crippen molar-refractivity contribution in [1.82, 2.24) is 9.80 Å². The predicted octanol–water partition coefficient (Wildman–Crippen LogP) is 0.747. The summed E-state index contributed by atoms with van der Waals surface area (Å²) < 4.78 is 0. The van der Waals surface area contributed by atoms with Gasteiger partial charge in [-0.1, -0.05) is 6.92 Å². The third-order valence-electron chi connectivity index (χ3n) is 3.52. The zero-order valence-corrected chi connectivity index (χ0v) is 11.2. The van der Waals surface area contributed by atoms with Crippen molar-refractivity contribution in [2.45, 2.75) is 51.8 Å². The second kappa shape index (κ2) is 6.04. The Labute approximate surface area is 107 Å². The number of amides is 2. The van der Waals surface area contributed by atoms with Crippen LogP contribution in [0.5, 0.6) is 0 Å². The lowest BCUT2D eigenvalue weighted by Crippen LogP contribution is -2.50. The largest absolute Gasteiger partial charge is 0.480 e. The molecule has 0 saturated carbocycles. The Hall–Kier alpha value is -1.30. The molecule has 6 nitrogen and oxygen atoms in total. The number of carboxylic acids is 1. The van der Waals surface area contributed by atoms with Gasteiger partial charge in [-0.2, -0.15) is 0 Å². The highest BCUT2D eigenvalue weighted by Crippen LogP contribution is 2.21. The van der Waals surface area contributed by atoms with Crippen LogP contribution in [0.4, 0.5) is 4.79 Å². The third-order valence-corrected chi connectivity index (χ3v) is 3.52. The summed E-state index contributed by atoms with van der Waals surface area (Å²) >= 11 is 0. The first-order chi connectivity index (χ1) is 8.42. The average molecular weight is 258 g/mol. The number of carbonyl (C=O) groups is 2. The minimum atomic E-state index is -1.06. The van der Waals surface area contributed by atoms with Crippen molar-refractivity contribution in [1.29, 1.82) is 0 Å². The zero-order valence-electron chi connectivity index (χ0n) is 11.2. The maximum absolute atomic E-state index is 12.3. The van der Waals surface area contributed by atoms with Gasteiger partial charge in [0.2, 0.25) is 0 Å². The first kappa shape index (κ1) is 14.8. The molecule has 2 amide bonds. The summed E-state index contributed by atoms with van der Waals surface area (Å²) in [5.74, 6) is -1.06. The van der Waals surface area contributed by atoms with Gasteiger partial charge in [0.15, 0.2) is 0 Å². The van der Waals surface area contributed by atoms with Gasteiger partial charge in [0.05, 0.1) is 6.10 Å². The number of hydrogen-bond donors (Lipinski definition) is 2. The van der Waals surface area contributed by atoms with Crippen LogP contribution in [0.1, 0.15) is 33.6 Å². The number of nitrogens with zero attached hydrogens (tertiary/aromatic N) is 2. The fraction of sp³-hybridized carbons (Fsp3) is 0.833. The van der Waals surface area contributed by atoms with Gasteiger partial charge in [0, 0.05) is 25.6 Å². The third kappa shape index (κ3) is 2.93. The first-order valence-corrected chi connectivity index (χ1v) is 6.40. The first-order valence-electron chi connectivity index (χ1n) is 6.40. The lowest BCUT2D eigenvalue weighted by molar-refractivity contribution is -0.141. The smallest absolute Gasteiger partial charge is 0.326 e. The molecule has 1 aliphatic heterocycles. The Bertz CT molecular complexity index is 321. The number of aliphatic hydroxyl groups is 1. The van der Waals surface area contributed by atoms with E-state index in [1.807, 2.05) is 20.8 Å². The second-order valence-electron chi connectivity index (χ2n) is 4.72. The molecule has 0 aromatic carbocycles. The molecule has 1 rings (SSSR count). The van der Waals surface area contributed by atoms with Crippen LogP contribution in [0.3, 0.4) is 0 Å². The monoisotopic (exact) mass is 258 g/mol. The van der Waals surface area contributed by atoms with Crippen LogP contribution < -0.4 is 0 Å². The van der Waals surface area contributed by atoms with Gasteiger partial charge in [-0.05, 0) is 20.3 Å². The summed E-state index contributed by atoms with van der Waals surface area (Å²) in [7, 11) is 0. The van der Waals surface area contributed by atoms with Crippen LogP contribution in [0.15, 0.2) is 0 Å². The molecule has 0 aromatic heterocycles. The van der Waals surface area contributed by atoms with Crippen molar-refractivity contribution < 1.29 is 19.8 Å². The summed E-state index contributed by atoms with van der Waals surface area (Å²) in [5.41, 5.74) is 0. The van der Waals surface area contributed by atoms with E-state index < -0.39 is 18.1 Å². The number of carboxylic acid groups (broad SMARTS) is 1. The van der Waals surface area contributed by atoms with E-state index in [-0.39, 0.29) is 25.0 Å². The van der Waals surface area contributed by atoms with Gasteiger partial charge in [-0.15, -0.1) is 0 Å². The molecule has 0 aromatic rings. The van der Waals surface area contributed by atoms with Crippen LogP contribution in [0.25, 0.3) is 0 Å². The normalized spacial score (nSPS) is 25.0. The highest BCUT2D eigenvalue weighted by molar-refractivity contribution is 5.83. The van der Waals surface area contributed by atoms with E-state index in [1.165, 1.54) is 4.90 Å². The fourth-order valence-electron chi connectivity index (χ4n) is 2.28. The Balaban J connectivity index is 2.83. The molecule has 1 heterocycles. The summed E-state index contributed by atoms with van der Waals surface area (Å²) in [5, 5.41) is 18.6. The van der Waals surface area contributed by atoms with Gasteiger partial charge in [-0.3, -0.25) is 0 Å². The van der Waals surface area contributed by atoms with Crippen molar-refractivity contribution in [3.8, 4) is 0 Å². The average Bonchev–Trinajstić information content (AvgIpc) is 2.72. The molecule has 18 heavy (non-hydrogen) atoms. The molecule has 0 radical (unpaired) electrons. The van der Waals surface area contributed by atoms with Crippen molar-refractivity contribution >= 4 is 12.0 Å². The molecule has 3 atom stereocenters. The van der Waals surface area contributed by atoms with Crippen LogP contribution in [0.2, 0.25) is 0 Å². The standard InChI is InChI=1S/C12H22N2O4/c1-4-8(3)13(5-2)12(18)14-7-9(15)6-10(14)11(16)17/h8-10,15H,4-7H2,1-3H3,(H,16,17)/t8?,9-,10-/m1/s1. The van der Waals surface area contributed by atoms with E-state index in [4.69, 9.17) is 5.11 Å². The lowest BCUT2D eigenvalue weighted by atomic mass is 10.2. The van der Waals surface area contributed by atoms with E-state index >= 15 is 0 Å². The van der Waals surface area contributed by atoms with Gasteiger partial charge in [0.1, 0.15) is 6.04 Å². The molecule has 0 spiro atoms. The molecule has 6 heteroatoms. The predicted molar refractivity (Wildman–Crippen MR) is 66.3 cm³/mol. The van der Waals surface area contributed by atoms with Crippen LogP contribution in [0, 0.1) is 0 Å². The molecule has 2 N–H and O–H groups in total. The number of aliphatic carboxylic acids is 1. The highest BCUT2D eigenvalue weighted by Gasteiger charge is 2.40. The van der Waals surface area contributed by atoms with Crippen molar-refractivity contribution in [3.05, 3.63) is 0 Å². The topological polar surface area (TPSA) is 81.1 Å². The van der Waals surface area contributed by atoms with E-state index in [0.717, 1.165) is 6.42 Å². The molecular formula is C12H22N2O4. The summed E-state index contributed by atoms with van der Waals surface area (Å²) in [4.78, 5) is 26.3. The summed E-state index contributed by atoms with van der Waals surface area (Å²) in [6, 6.07) is -1.14. The van der Waals surface area contributed by atoms with E-state index in [1.54, 1.807) is 4.90 Å². The molecular weight excluding hydrogens is 236 g/mol. The van der Waals surface area contributed by atoms with Gasteiger partial charge < -0.3 is 20.0 Å². The Kier molecular flexibility index (Phi) is 4.95. The van der Waals surface area contributed by atoms with Gasteiger partial charge in [0.25, 0.3) is 0 Å².